The summed E-state index contributed by atoms with van der Waals surface area (Å²) in [6.45, 7) is 3.68. The number of carbonyl (C=O) groups is 3. The first-order valence-electron chi connectivity index (χ1n) is 7.21. The Bertz CT molecular complexity index is 589. The molecule has 0 saturated heterocycles. The predicted octanol–water partition coefficient (Wildman–Crippen LogP) is 1.78. The Morgan fingerprint density at radius 2 is 2.05 bits per heavy atom. The summed E-state index contributed by atoms with van der Waals surface area (Å²) in [5.41, 5.74) is 2.42. The Hall–Kier alpha value is -2.11. The molecule has 1 aliphatic rings. The van der Waals surface area contributed by atoms with Gasteiger partial charge in [-0.2, -0.15) is 0 Å². The SMILES string of the molecule is CCCN(CC(=O)O)C(=O)c1[nH]c2c(c1C)C(=O)CCC2. The van der Waals surface area contributed by atoms with Crippen LogP contribution in [0.15, 0.2) is 0 Å². The molecule has 0 bridgehead atoms. The topological polar surface area (TPSA) is 90.5 Å². The number of aromatic amines is 1. The zero-order valence-corrected chi connectivity index (χ0v) is 12.4. The highest BCUT2D eigenvalue weighted by molar-refractivity contribution is 6.04. The lowest BCUT2D eigenvalue weighted by atomic mass is 9.94. The molecule has 0 atom stereocenters. The van der Waals surface area contributed by atoms with Crippen molar-refractivity contribution in [3.05, 3.63) is 22.5 Å². The van der Waals surface area contributed by atoms with Crippen LogP contribution in [0.2, 0.25) is 0 Å². The van der Waals surface area contributed by atoms with Crippen LogP contribution in [0, 0.1) is 6.92 Å². The molecule has 114 valence electrons. The number of fused-ring (bicyclic) bond motifs is 1. The smallest absolute Gasteiger partial charge is 0.323 e. The van der Waals surface area contributed by atoms with Crippen molar-refractivity contribution >= 4 is 17.7 Å². The summed E-state index contributed by atoms with van der Waals surface area (Å²) in [7, 11) is 0. The largest absolute Gasteiger partial charge is 0.480 e. The monoisotopic (exact) mass is 292 g/mol. The summed E-state index contributed by atoms with van der Waals surface area (Å²) < 4.78 is 0. The molecule has 0 saturated carbocycles. The first-order valence-corrected chi connectivity index (χ1v) is 7.21. The number of nitrogens with zero attached hydrogens (tertiary/aromatic N) is 1. The molecule has 1 aliphatic carbocycles. The van der Waals surface area contributed by atoms with E-state index in [-0.39, 0.29) is 18.2 Å². The summed E-state index contributed by atoms with van der Waals surface area (Å²) in [5.74, 6) is -1.33. The van der Waals surface area contributed by atoms with Gasteiger partial charge in [-0.15, -0.1) is 0 Å². The average molecular weight is 292 g/mol. The molecule has 0 aliphatic heterocycles. The van der Waals surface area contributed by atoms with Gasteiger partial charge in [0.05, 0.1) is 0 Å². The Kier molecular flexibility index (Phi) is 4.45. The van der Waals surface area contributed by atoms with Crippen LogP contribution in [0.25, 0.3) is 0 Å². The number of hydrogen-bond acceptors (Lipinski definition) is 3. The Labute approximate surface area is 123 Å². The van der Waals surface area contributed by atoms with Gasteiger partial charge in [0.1, 0.15) is 12.2 Å². The highest BCUT2D eigenvalue weighted by Gasteiger charge is 2.28. The molecule has 1 amide bonds. The number of aromatic nitrogens is 1. The zero-order valence-electron chi connectivity index (χ0n) is 12.4. The van der Waals surface area contributed by atoms with E-state index in [0.717, 1.165) is 18.5 Å². The van der Waals surface area contributed by atoms with Gasteiger partial charge in [-0.25, -0.2) is 0 Å². The number of nitrogens with one attached hydrogen (secondary N) is 1. The van der Waals surface area contributed by atoms with E-state index in [4.69, 9.17) is 5.11 Å². The van der Waals surface area contributed by atoms with Crippen LogP contribution in [-0.4, -0.2) is 45.7 Å². The molecule has 0 fully saturated rings. The number of H-pyrrole nitrogens is 1. The summed E-state index contributed by atoms with van der Waals surface area (Å²) in [6.07, 6.45) is 2.72. The number of aliphatic carboxylic acids is 1. The summed E-state index contributed by atoms with van der Waals surface area (Å²) in [6, 6.07) is 0. The second-order valence-corrected chi connectivity index (χ2v) is 5.38. The third kappa shape index (κ3) is 2.99. The number of hydrogen-bond donors (Lipinski definition) is 2. The fourth-order valence-electron chi connectivity index (χ4n) is 2.83. The van der Waals surface area contributed by atoms with Crippen LogP contribution in [-0.2, 0) is 11.2 Å². The number of Topliss-reactive ketones (excluding diaryl/α,β-unsaturated/α-hetero) is 1. The van der Waals surface area contributed by atoms with E-state index >= 15 is 0 Å². The number of ketones is 1. The normalized spacial score (nSPS) is 13.9. The van der Waals surface area contributed by atoms with Crippen LogP contribution < -0.4 is 0 Å². The molecule has 6 heteroatoms. The van der Waals surface area contributed by atoms with Crippen molar-refractivity contribution in [3.8, 4) is 0 Å². The second-order valence-electron chi connectivity index (χ2n) is 5.38. The molecule has 21 heavy (non-hydrogen) atoms. The fourth-order valence-corrected chi connectivity index (χ4v) is 2.83. The van der Waals surface area contributed by atoms with Gasteiger partial charge in [0.25, 0.3) is 5.91 Å². The minimum absolute atomic E-state index is 0.0596. The molecule has 1 heterocycles. The first kappa shape index (κ1) is 15.3. The number of carboxylic acids is 1. The maximum Gasteiger partial charge on any atom is 0.323 e. The van der Waals surface area contributed by atoms with Crippen LogP contribution in [0.3, 0.4) is 0 Å². The van der Waals surface area contributed by atoms with Crippen molar-refractivity contribution in [2.24, 2.45) is 0 Å². The van der Waals surface area contributed by atoms with Crippen LogP contribution in [0.5, 0.6) is 0 Å². The lowest BCUT2D eigenvalue weighted by Gasteiger charge is -2.19. The van der Waals surface area contributed by atoms with Crippen molar-refractivity contribution in [1.29, 1.82) is 0 Å². The van der Waals surface area contributed by atoms with Crippen molar-refractivity contribution in [3.63, 3.8) is 0 Å². The third-order valence-corrected chi connectivity index (χ3v) is 3.76. The lowest BCUT2D eigenvalue weighted by Crippen LogP contribution is -2.36. The minimum atomic E-state index is -1.04. The number of carboxylic acid groups (broad SMARTS) is 1. The molecule has 6 nitrogen and oxygen atoms in total. The van der Waals surface area contributed by atoms with E-state index in [1.54, 1.807) is 6.92 Å². The van der Waals surface area contributed by atoms with Crippen LogP contribution in [0.4, 0.5) is 0 Å². The van der Waals surface area contributed by atoms with E-state index < -0.39 is 5.97 Å². The summed E-state index contributed by atoms with van der Waals surface area (Å²) in [4.78, 5) is 39.7. The van der Waals surface area contributed by atoms with Crippen molar-refractivity contribution < 1.29 is 19.5 Å². The van der Waals surface area contributed by atoms with Gasteiger partial charge in [0.15, 0.2) is 5.78 Å². The van der Waals surface area contributed by atoms with Gasteiger partial charge in [-0.3, -0.25) is 14.4 Å². The molecule has 0 aromatic carbocycles. The van der Waals surface area contributed by atoms with Gasteiger partial charge in [0, 0.05) is 24.2 Å². The van der Waals surface area contributed by atoms with Gasteiger partial charge in [-0.05, 0) is 31.7 Å². The molecule has 0 radical (unpaired) electrons. The quantitative estimate of drug-likeness (QED) is 0.865. The zero-order chi connectivity index (χ0) is 15.6. The molecule has 2 N–H and O–H groups in total. The van der Waals surface area contributed by atoms with E-state index in [1.807, 2.05) is 6.92 Å². The highest BCUT2D eigenvalue weighted by atomic mass is 16.4. The summed E-state index contributed by atoms with van der Waals surface area (Å²) >= 11 is 0. The maximum atomic E-state index is 12.5. The third-order valence-electron chi connectivity index (χ3n) is 3.76. The van der Waals surface area contributed by atoms with Gasteiger partial charge in [0.2, 0.25) is 0 Å². The fraction of sp³-hybridized carbons (Fsp3) is 0.533. The van der Waals surface area contributed by atoms with Crippen molar-refractivity contribution in [2.45, 2.75) is 39.5 Å². The van der Waals surface area contributed by atoms with E-state index in [9.17, 15) is 14.4 Å². The minimum Gasteiger partial charge on any atom is -0.480 e. The van der Waals surface area contributed by atoms with Crippen LogP contribution in [0.1, 0.15) is 58.3 Å². The molecule has 1 aromatic rings. The number of rotatable bonds is 5. The van der Waals surface area contributed by atoms with Crippen molar-refractivity contribution in [1.82, 2.24) is 9.88 Å². The Morgan fingerprint density at radius 1 is 1.33 bits per heavy atom. The van der Waals surface area contributed by atoms with E-state index in [0.29, 0.717) is 36.2 Å². The lowest BCUT2D eigenvalue weighted by molar-refractivity contribution is -0.137. The Morgan fingerprint density at radius 3 is 2.62 bits per heavy atom. The number of carbonyl (C=O) groups excluding carboxylic acids is 2. The first-order chi connectivity index (χ1) is 9.95. The molecular weight excluding hydrogens is 272 g/mol. The molecule has 0 spiro atoms. The predicted molar refractivity (Wildman–Crippen MR) is 76.6 cm³/mol. The average Bonchev–Trinajstić information content (AvgIpc) is 2.76. The Balaban J connectivity index is 2.34. The van der Waals surface area contributed by atoms with Crippen LogP contribution >= 0.6 is 0 Å². The van der Waals surface area contributed by atoms with E-state index in [2.05, 4.69) is 4.98 Å². The molecular formula is C15H20N2O4. The van der Waals surface area contributed by atoms with Gasteiger partial charge >= 0.3 is 5.97 Å². The van der Waals surface area contributed by atoms with Crippen molar-refractivity contribution in [2.75, 3.05) is 13.1 Å². The highest BCUT2D eigenvalue weighted by Crippen LogP contribution is 2.27. The molecule has 0 unspecified atom stereocenters. The van der Waals surface area contributed by atoms with Gasteiger partial charge < -0.3 is 15.0 Å². The van der Waals surface area contributed by atoms with E-state index in [1.165, 1.54) is 4.90 Å². The number of aryl methyl sites for hydroxylation is 1. The molecule has 1 aromatic heterocycles. The van der Waals surface area contributed by atoms with Gasteiger partial charge in [-0.1, -0.05) is 6.92 Å². The standard InChI is InChI=1S/C15H20N2O4/c1-3-7-17(8-12(19)20)15(21)14-9(2)13-10(16-14)5-4-6-11(13)18/h16H,3-8H2,1-2H3,(H,19,20). The number of amides is 1. The maximum absolute atomic E-state index is 12.5. The second kappa shape index (κ2) is 6.11. The molecule has 2 rings (SSSR count). The summed E-state index contributed by atoms with van der Waals surface area (Å²) in [5, 5.41) is 8.92.